The van der Waals surface area contributed by atoms with Gasteiger partial charge in [-0.2, -0.15) is 0 Å². The molecule has 0 spiro atoms. The van der Waals surface area contributed by atoms with E-state index in [9.17, 15) is 4.79 Å². The van der Waals surface area contributed by atoms with Crippen molar-refractivity contribution in [3.63, 3.8) is 0 Å². The summed E-state index contributed by atoms with van der Waals surface area (Å²) in [5.41, 5.74) is 4.28. The van der Waals surface area contributed by atoms with Gasteiger partial charge in [-0.05, 0) is 34.9 Å². The minimum Gasteiger partial charge on any atom is -0.478 e. The van der Waals surface area contributed by atoms with E-state index in [0.29, 0.717) is 6.54 Å². The van der Waals surface area contributed by atoms with Gasteiger partial charge in [0.1, 0.15) is 0 Å². The number of carbonyl (C=O) groups is 1. The average molecular weight is 338 g/mol. The zero-order chi connectivity index (χ0) is 16.9. The quantitative estimate of drug-likeness (QED) is 0.662. The molecule has 24 heavy (non-hydrogen) atoms. The first-order valence-electron chi connectivity index (χ1n) is 7.54. The van der Waals surface area contributed by atoms with E-state index in [4.69, 9.17) is 16.7 Å². The van der Waals surface area contributed by atoms with Gasteiger partial charge in [0.15, 0.2) is 0 Å². The summed E-state index contributed by atoms with van der Waals surface area (Å²) < 4.78 is 0. The second-order valence-electron chi connectivity index (χ2n) is 5.42. The molecule has 0 unspecified atom stereocenters. The summed E-state index contributed by atoms with van der Waals surface area (Å²) in [6.45, 7) is 0.607. The predicted octanol–water partition coefficient (Wildman–Crippen LogP) is 5.32. The van der Waals surface area contributed by atoms with Crippen LogP contribution in [0.3, 0.4) is 0 Å². The number of rotatable bonds is 5. The highest BCUT2D eigenvalue weighted by molar-refractivity contribution is 6.33. The molecular formula is C20H16ClNO2. The van der Waals surface area contributed by atoms with E-state index >= 15 is 0 Å². The lowest BCUT2D eigenvalue weighted by atomic mass is 10.0. The maximum absolute atomic E-state index is 11.1. The molecule has 0 bridgehead atoms. The number of hydrogen-bond acceptors (Lipinski definition) is 2. The number of halogens is 1. The molecule has 0 saturated carbocycles. The Balaban J connectivity index is 1.69. The SMILES string of the molecule is O=C(O)c1cc(NCc2ccc(-c3ccccc3)cc2)ccc1Cl. The van der Waals surface area contributed by atoms with Crippen LogP contribution >= 0.6 is 11.6 Å². The Kier molecular flexibility index (Phi) is 4.82. The Hall–Kier alpha value is -2.78. The van der Waals surface area contributed by atoms with E-state index in [1.165, 1.54) is 11.1 Å². The molecular weight excluding hydrogens is 322 g/mol. The highest BCUT2D eigenvalue weighted by atomic mass is 35.5. The molecule has 3 nitrogen and oxygen atoms in total. The summed E-state index contributed by atoms with van der Waals surface area (Å²) in [5.74, 6) is -1.03. The average Bonchev–Trinajstić information content (AvgIpc) is 2.62. The van der Waals surface area contributed by atoms with E-state index in [2.05, 4.69) is 41.7 Å². The second-order valence-corrected chi connectivity index (χ2v) is 5.82. The molecule has 0 aliphatic rings. The van der Waals surface area contributed by atoms with Crippen molar-refractivity contribution >= 4 is 23.3 Å². The van der Waals surface area contributed by atoms with Gasteiger partial charge >= 0.3 is 5.97 Å². The van der Waals surface area contributed by atoms with Gasteiger partial charge in [-0.15, -0.1) is 0 Å². The maximum Gasteiger partial charge on any atom is 0.337 e. The van der Waals surface area contributed by atoms with Crippen molar-refractivity contribution in [2.75, 3.05) is 5.32 Å². The molecule has 3 aromatic carbocycles. The standard InChI is InChI=1S/C20H16ClNO2/c21-19-11-10-17(12-18(19)20(23)24)22-13-14-6-8-16(9-7-14)15-4-2-1-3-5-15/h1-12,22H,13H2,(H,23,24). The number of nitrogens with one attached hydrogen (secondary N) is 1. The third-order valence-electron chi connectivity index (χ3n) is 3.75. The van der Waals surface area contributed by atoms with Crippen molar-refractivity contribution in [1.82, 2.24) is 0 Å². The summed E-state index contributed by atoms with van der Waals surface area (Å²) >= 11 is 5.88. The highest BCUT2D eigenvalue weighted by Gasteiger charge is 2.09. The van der Waals surface area contributed by atoms with Crippen LogP contribution < -0.4 is 5.32 Å². The third-order valence-corrected chi connectivity index (χ3v) is 4.08. The molecule has 2 N–H and O–H groups in total. The molecule has 0 fully saturated rings. The number of aromatic carboxylic acids is 1. The monoisotopic (exact) mass is 337 g/mol. The lowest BCUT2D eigenvalue weighted by Crippen LogP contribution is -2.02. The molecule has 0 aliphatic carbocycles. The molecule has 120 valence electrons. The van der Waals surface area contributed by atoms with Crippen LogP contribution in [0, 0.1) is 0 Å². The van der Waals surface area contributed by atoms with Gasteiger partial charge in [0, 0.05) is 12.2 Å². The van der Waals surface area contributed by atoms with Gasteiger partial charge in [-0.3, -0.25) is 0 Å². The van der Waals surface area contributed by atoms with E-state index in [0.717, 1.165) is 11.3 Å². The first-order chi connectivity index (χ1) is 11.6. The van der Waals surface area contributed by atoms with Crippen molar-refractivity contribution in [2.45, 2.75) is 6.54 Å². The number of benzene rings is 3. The van der Waals surface area contributed by atoms with Crippen LogP contribution in [-0.4, -0.2) is 11.1 Å². The molecule has 0 aliphatic heterocycles. The fraction of sp³-hybridized carbons (Fsp3) is 0.0500. The van der Waals surface area contributed by atoms with Gasteiger partial charge in [0.2, 0.25) is 0 Å². The van der Waals surface area contributed by atoms with E-state index in [1.54, 1.807) is 18.2 Å². The van der Waals surface area contributed by atoms with Crippen molar-refractivity contribution in [3.8, 4) is 11.1 Å². The summed E-state index contributed by atoms with van der Waals surface area (Å²) in [6, 6.07) is 23.4. The van der Waals surface area contributed by atoms with Gasteiger partial charge in [-0.1, -0.05) is 66.2 Å². The summed E-state index contributed by atoms with van der Waals surface area (Å²) in [7, 11) is 0. The van der Waals surface area contributed by atoms with E-state index in [-0.39, 0.29) is 10.6 Å². The fourth-order valence-electron chi connectivity index (χ4n) is 2.45. The summed E-state index contributed by atoms with van der Waals surface area (Å²) in [5, 5.41) is 12.6. The number of hydrogen-bond donors (Lipinski definition) is 2. The first-order valence-corrected chi connectivity index (χ1v) is 7.92. The van der Waals surface area contributed by atoms with E-state index in [1.807, 2.05) is 18.2 Å². The van der Waals surface area contributed by atoms with Gasteiger partial charge in [-0.25, -0.2) is 4.79 Å². The zero-order valence-corrected chi connectivity index (χ0v) is 13.6. The van der Waals surface area contributed by atoms with Crippen LogP contribution in [0.5, 0.6) is 0 Å². The highest BCUT2D eigenvalue weighted by Crippen LogP contribution is 2.22. The number of carboxylic acid groups (broad SMARTS) is 1. The van der Waals surface area contributed by atoms with Crippen LogP contribution in [0.4, 0.5) is 5.69 Å². The molecule has 0 radical (unpaired) electrons. The van der Waals surface area contributed by atoms with Crippen molar-refractivity contribution < 1.29 is 9.90 Å². The lowest BCUT2D eigenvalue weighted by Gasteiger charge is -2.09. The molecule has 0 aromatic heterocycles. The Morgan fingerprint density at radius 1 is 0.917 bits per heavy atom. The summed E-state index contributed by atoms with van der Waals surface area (Å²) in [6.07, 6.45) is 0. The second kappa shape index (κ2) is 7.20. The molecule has 0 atom stereocenters. The van der Waals surface area contributed by atoms with Crippen LogP contribution in [-0.2, 0) is 6.54 Å². The number of anilines is 1. The number of carboxylic acids is 1. The first kappa shape index (κ1) is 16.1. The minimum absolute atomic E-state index is 0.0982. The fourth-order valence-corrected chi connectivity index (χ4v) is 2.65. The third kappa shape index (κ3) is 3.76. The largest absolute Gasteiger partial charge is 0.478 e. The maximum atomic E-state index is 11.1. The molecule has 4 heteroatoms. The Bertz CT molecular complexity index is 845. The van der Waals surface area contributed by atoms with Crippen LogP contribution in [0.25, 0.3) is 11.1 Å². The van der Waals surface area contributed by atoms with Crippen LogP contribution in [0.1, 0.15) is 15.9 Å². The normalized spacial score (nSPS) is 10.4. The molecule has 0 saturated heterocycles. The van der Waals surface area contributed by atoms with E-state index < -0.39 is 5.97 Å². The molecule has 0 amide bonds. The summed E-state index contributed by atoms with van der Waals surface area (Å²) in [4.78, 5) is 11.1. The lowest BCUT2D eigenvalue weighted by molar-refractivity contribution is 0.0697. The Labute approximate surface area is 145 Å². The minimum atomic E-state index is -1.03. The topological polar surface area (TPSA) is 49.3 Å². The molecule has 0 heterocycles. The van der Waals surface area contributed by atoms with Crippen molar-refractivity contribution in [3.05, 3.63) is 88.9 Å². The Morgan fingerprint density at radius 3 is 2.25 bits per heavy atom. The van der Waals surface area contributed by atoms with Crippen LogP contribution in [0.2, 0.25) is 5.02 Å². The smallest absolute Gasteiger partial charge is 0.337 e. The predicted molar refractivity (Wildman–Crippen MR) is 97.6 cm³/mol. The van der Waals surface area contributed by atoms with Crippen LogP contribution in [0.15, 0.2) is 72.8 Å². The van der Waals surface area contributed by atoms with Crippen molar-refractivity contribution in [1.29, 1.82) is 0 Å². The van der Waals surface area contributed by atoms with Gasteiger partial charge < -0.3 is 10.4 Å². The Morgan fingerprint density at radius 2 is 1.58 bits per heavy atom. The van der Waals surface area contributed by atoms with Gasteiger partial charge in [0.25, 0.3) is 0 Å². The molecule has 3 aromatic rings. The van der Waals surface area contributed by atoms with Gasteiger partial charge in [0.05, 0.1) is 10.6 Å². The molecule has 3 rings (SSSR count). The van der Waals surface area contributed by atoms with Crippen molar-refractivity contribution in [2.24, 2.45) is 0 Å². The zero-order valence-electron chi connectivity index (χ0n) is 12.9.